The molecule has 6 aromatic carbocycles. The Hall–Kier alpha value is -6.76. The summed E-state index contributed by atoms with van der Waals surface area (Å²) in [6.07, 6.45) is 29.3. The number of nitrogens with zero attached hydrogens (tertiary/aromatic N) is 4. The third-order valence-electron chi connectivity index (χ3n) is 20.2. The second kappa shape index (κ2) is 24.7. The van der Waals surface area contributed by atoms with Crippen LogP contribution in [-0.4, -0.2) is 60.0 Å². The molecule has 448 valence electrons. The number of unbranched alkanes of at least 4 members (excludes halogenated alkanes) is 2. The lowest BCUT2D eigenvalue weighted by Crippen LogP contribution is -2.31. The van der Waals surface area contributed by atoms with Crippen molar-refractivity contribution in [3.63, 3.8) is 0 Å². The Balaban J connectivity index is 0.763. The van der Waals surface area contributed by atoms with Gasteiger partial charge in [0.1, 0.15) is 13.1 Å². The van der Waals surface area contributed by atoms with Crippen LogP contribution in [0.2, 0.25) is 0 Å². The van der Waals surface area contributed by atoms with Crippen LogP contribution in [0.5, 0.6) is 0 Å². The van der Waals surface area contributed by atoms with Crippen molar-refractivity contribution >= 4 is 78.9 Å². The first kappa shape index (κ1) is 60.5. The van der Waals surface area contributed by atoms with Gasteiger partial charge in [-0.3, -0.25) is 0 Å². The molecule has 0 fully saturated rings. The highest BCUT2D eigenvalue weighted by Gasteiger charge is 2.47. The number of fused-ring (bicyclic) bond motifs is 8. The summed E-state index contributed by atoms with van der Waals surface area (Å²) in [5.41, 5.74) is 20.0. The van der Waals surface area contributed by atoms with Crippen LogP contribution in [0.1, 0.15) is 156 Å². The summed E-state index contributed by atoms with van der Waals surface area (Å²) < 4.78 is 11.9. The van der Waals surface area contributed by atoms with Gasteiger partial charge in [0.25, 0.3) is 0 Å². The van der Waals surface area contributed by atoms with E-state index in [9.17, 15) is 0 Å². The molecule has 0 N–H and O–H groups in total. The van der Waals surface area contributed by atoms with Gasteiger partial charge in [-0.05, 0) is 158 Å². The van der Waals surface area contributed by atoms with Crippen molar-refractivity contribution in [2.45, 2.75) is 155 Å². The predicted octanol–water partition coefficient (Wildman–Crippen LogP) is 20.7. The summed E-state index contributed by atoms with van der Waals surface area (Å²) in [6.45, 7) is 28.3. The van der Waals surface area contributed by atoms with Crippen molar-refractivity contribution in [3.05, 3.63) is 236 Å². The zero-order valence-electron chi connectivity index (χ0n) is 53.4. The van der Waals surface area contributed by atoms with Gasteiger partial charge in [0.05, 0.1) is 24.0 Å². The normalized spacial score (nSPS) is 21.2. The Kier molecular flexibility index (Phi) is 17.2. The van der Waals surface area contributed by atoms with E-state index in [4.69, 9.17) is 27.9 Å². The summed E-state index contributed by atoms with van der Waals surface area (Å²) in [4.78, 5) is 4.98. The minimum absolute atomic E-state index is 0.155. The molecule has 0 atom stereocenters. The molecule has 0 spiro atoms. The van der Waals surface area contributed by atoms with Gasteiger partial charge >= 0.3 is 0 Å². The largest absolute Gasteiger partial charge is 0.378 e. The second-order valence-electron chi connectivity index (χ2n) is 27.1. The third kappa shape index (κ3) is 11.0. The molecule has 4 heterocycles. The molecule has 0 saturated carbocycles. The van der Waals surface area contributed by atoms with Gasteiger partial charge < -0.3 is 14.5 Å². The van der Waals surface area contributed by atoms with E-state index in [2.05, 4.69) is 258 Å². The maximum Gasteiger partial charge on any atom is 0.210 e. The maximum atomic E-state index is 7.51. The number of para-hydroxylation sites is 2. The number of hydrogen-bond donors (Lipinski definition) is 0. The van der Waals surface area contributed by atoms with Crippen molar-refractivity contribution in [2.75, 3.05) is 49.2 Å². The molecular weight excluding hydrogens is 1100 g/mol. The smallest absolute Gasteiger partial charge is 0.210 e. The first-order valence-electron chi connectivity index (χ1n) is 32.6. The van der Waals surface area contributed by atoms with Crippen molar-refractivity contribution < 1.29 is 13.9 Å². The first-order valence-corrected chi connectivity index (χ1v) is 33.4. The van der Waals surface area contributed by atoms with Gasteiger partial charge in [0.2, 0.25) is 11.4 Å². The van der Waals surface area contributed by atoms with Crippen molar-refractivity contribution in [1.82, 2.24) is 0 Å². The van der Waals surface area contributed by atoms with E-state index in [0.717, 1.165) is 100 Å². The highest BCUT2D eigenvalue weighted by Crippen LogP contribution is 2.51. The molecule has 87 heavy (non-hydrogen) atoms. The minimum atomic E-state index is -0.205. The van der Waals surface area contributed by atoms with Crippen molar-refractivity contribution in [2.24, 2.45) is 0 Å². The number of ether oxygens (including phenoxy) is 1. The summed E-state index contributed by atoms with van der Waals surface area (Å²) >= 11 is 15.0. The fraction of sp³-hybridized carbons (Fsp3) is 0.375. The van der Waals surface area contributed by atoms with Gasteiger partial charge in [-0.15, -0.1) is 0 Å². The number of allylic oxidation sites excluding steroid dienone is 16. The van der Waals surface area contributed by atoms with E-state index in [-0.39, 0.29) is 21.7 Å². The monoisotopic (exact) mass is 1190 g/mol. The summed E-state index contributed by atoms with van der Waals surface area (Å²) in [5.74, 6) is 0. The minimum Gasteiger partial charge on any atom is -0.378 e. The van der Waals surface area contributed by atoms with Gasteiger partial charge in [-0.1, -0.05) is 187 Å². The molecule has 6 aliphatic rings. The van der Waals surface area contributed by atoms with E-state index in [0.29, 0.717) is 13.2 Å². The molecular formula is C80H90Cl2N4O+2. The van der Waals surface area contributed by atoms with Crippen LogP contribution in [0.4, 0.5) is 22.7 Å². The number of benzene rings is 6. The molecule has 7 heteroatoms. The molecule has 5 nitrogen and oxygen atoms in total. The van der Waals surface area contributed by atoms with Crippen LogP contribution in [-0.2, 0) is 26.4 Å². The predicted molar refractivity (Wildman–Crippen MR) is 372 cm³/mol. The summed E-state index contributed by atoms with van der Waals surface area (Å²) in [5, 5.41) is 7.07. The Labute approximate surface area is 529 Å². The maximum absolute atomic E-state index is 7.51. The number of hydrogen-bond acceptors (Lipinski definition) is 3. The summed E-state index contributed by atoms with van der Waals surface area (Å²) in [6, 6.07) is 44.8. The van der Waals surface area contributed by atoms with Crippen molar-refractivity contribution in [1.29, 1.82) is 0 Å². The van der Waals surface area contributed by atoms with E-state index in [1.165, 1.54) is 112 Å². The zero-order chi connectivity index (χ0) is 60.8. The van der Waals surface area contributed by atoms with E-state index in [1.54, 1.807) is 0 Å². The van der Waals surface area contributed by atoms with E-state index >= 15 is 0 Å². The van der Waals surface area contributed by atoms with Crippen LogP contribution in [0.25, 0.3) is 21.5 Å². The number of halogens is 2. The first-order chi connectivity index (χ1) is 42.0. The van der Waals surface area contributed by atoms with Gasteiger partial charge in [0, 0.05) is 105 Å². The Bertz CT molecular complexity index is 3770. The standard InChI is InChI=1S/C80H90Cl2N4O/c1-11-13-49-83-67-43-37-55-25-15-17-31-61(55)73(67)79(7,8)71(83)47-41-59-29-23-27-57(75(59)81)39-45-69-77(3,4)63-33-19-21-35-65(63)85(69)51-53-87-54-52-86-66-36-22-20-34-64(66)78(5,6)70(86)46-40-58-28-24-30-60(76(58)82)42-48-72-80(9,10)74-62-32-18-16-26-56(62)38-44-68(74)84(72)50-14-12-2/h15-22,25-26,31-48H,11-14,23-24,27-30,49-54H2,1-10H3/q+2. The average molecular weight is 1190 g/mol. The molecule has 0 aromatic heterocycles. The Morgan fingerprint density at radius 2 is 0.862 bits per heavy atom. The van der Waals surface area contributed by atoms with Crippen LogP contribution in [0.3, 0.4) is 0 Å². The van der Waals surface area contributed by atoms with Crippen LogP contribution in [0.15, 0.2) is 214 Å². The molecule has 6 aromatic rings. The Morgan fingerprint density at radius 3 is 1.29 bits per heavy atom. The zero-order valence-corrected chi connectivity index (χ0v) is 54.9. The lowest BCUT2D eigenvalue weighted by atomic mass is 9.78. The molecule has 0 unspecified atom stereocenters. The van der Waals surface area contributed by atoms with Crippen LogP contribution in [0, 0.1) is 0 Å². The topological polar surface area (TPSA) is 21.7 Å². The molecule has 2 aliphatic carbocycles. The highest BCUT2D eigenvalue weighted by atomic mass is 35.5. The molecule has 12 rings (SSSR count). The fourth-order valence-electron chi connectivity index (χ4n) is 15.5. The number of anilines is 2. The van der Waals surface area contributed by atoms with Crippen LogP contribution < -0.4 is 9.80 Å². The van der Waals surface area contributed by atoms with Crippen LogP contribution >= 0.6 is 23.2 Å². The number of rotatable bonds is 18. The quantitative estimate of drug-likeness (QED) is 0.0632. The molecule has 0 radical (unpaired) electrons. The van der Waals surface area contributed by atoms with E-state index < -0.39 is 0 Å². The average Bonchev–Trinajstić information content (AvgIpc) is 1.70. The third-order valence-corrected chi connectivity index (χ3v) is 21.1. The summed E-state index contributed by atoms with van der Waals surface area (Å²) in [7, 11) is 0. The van der Waals surface area contributed by atoms with Gasteiger partial charge in [-0.2, -0.15) is 9.15 Å². The van der Waals surface area contributed by atoms with Gasteiger partial charge in [0.15, 0.2) is 11.4 Å². The highest BCUT2D eigenvalue weighted by molar-refractivity contribution is 6.33. The molecule has 4 aliphatic heterocycles. The fourth-order valence-corrected chi connectivity index (χ4v) is 16.1. The Morgan fingerprint density at radius 1 is 0.460 bits per heavy atom. The molecule has 0 amide bonds. The van der Waals surface area contributed by atoms with Crippen molar-refractivity contribution in [3.8, 4) is 0 Å². The lowest BCUT2D eigenvalue weighted by molar-refractivity contribution is -0.438. The molecule has 0 bridgehead atoms. The SMILES string of the molecule is CCCC[N+]1=C(/C=C/C2=C(Cl)C(=C/C=C3/N(CCOCCN4/C(=C/C=C5\CCCC(/C=C/C6=[N+](CCCC)c7ccc8ccccc8c7C6(C)C)=C5Cl)C(C)(C)c5ccccc54)c4ccccc4C3(C)C)/CCC2)C(C)(C)c2c1ccc1ccccc21. The van der Waals surface area contributed by atoms with Gasteiger partial charge in [-0.25, -0.2) is 0 Å². The lowest BCUT2D eigenvalue weighted by Gasteiger charge is -2.28. The second-order valence-corrected chi connectivity index (χ2v) is 27.9. The molecule has 0 saturated heterocycles. The van der Waals surface area contributed by atoms with E-state index in [1.807, 2.05) is 0 Å².